The Morgan fingerprint density at radius 1 is 1.11 bits per heavy atom. The number of amides is 2. The molecular formula is C18H16Br2N2O5. The molecule has 2 aromatic rings. The van der Waals surface area contributed by atoms with Gasteiger partial charge in [0, 0.05) is 4.47 Å². The Labute approximate surface area is 172 Å². The number of carbonyl (C=O) groups excluding carboxylic acids is 3. The lowest BCUT2D eigenvalue weighted by molar-refractivity contribution is -0.143. The maximum absolute atomic E-state index is 12.4. The van der Waals surface area contributed by atoms with Gasteiger partial charge in [-0.15, -0.1) is 0 Å². The van der Waals surface area contributed by atoms with E-state index in [9.17, 15) is 14.4 Å². The third-order valence-corrected chi connectivity index (χ3v) is 4.12. The summed E-state index contributed by atoms with van der Waals surface area (Å²) in [4.78, 5) is 36.2. The summed E-state index contributed by atoms with van der Waals surface area (Å²) in [6.45, 7) is 1.56. The second kappa shape index (κ2) is 10.1. The van der Waals surface area contributed by atoms with Crippen molar-refractivity contribution >= 4 is 55.7 Å². The number of ether oxygens (including phenoxy) is 1. The van der Waals surface area contributed by atoms with E-state index in [-0.39, 0.29) is 24.6 Å². The Bertz CT molecular complexity index is 859. The molecule has 1 aromatic heterocycles. The molecule has 2 amide bonds. The van der Waals surface area contributed by atoms with Gasteiger partial charge in [0.15, 0.2) is 10.4 Å². The first-order chi connectivity index (χ1) is 12.9. The minimum absolute atomic E-state index is 0.0294. The Morgan fingerprint density at radius 3 is 2.41 bits per heavy atom. The van der Waals surface area contributed by atoms with Crippen molar-refractivity contribution in [1.82, 2.24) is 10.6 Å². The van der Waals surface area contributed by atoms with E-state index in [1.54, 1.807) is 37.3 Å². The topological polar surface area (TPSA) is 97.6 Å². The fraction of sp³-hybridized carbons (Fsp3) is 0.167. The first-order valence-electron chi connectivity index (χ1n) is 7.86. The lowest BCUT2D eigenvalue weighted by atomic mass is 10.2. The van der Waals surface area contributed by atoms with Gasteiger partial charge in [-0.05, 0) is 58.8 Å². The summed E-state index contributed by atoms with van der Waals surface area (Å²) >= 11 is 6.45. The van der Waals surface area contributed by atoms with E-state index >= 15 is 0 Å². The molecule has 7 nitrogen and oxygen atoms in total. The SMILES string of the molecule is CCOC(=O)CNC(=O)/C(=C\c1ccc(Br)cc1)NC(=O)c1ccc(Br)o1. The molecule has 0 aliphatic carbocycles. The maximum atomic E-state index is 12.4. The summed E-state index contributed by atoms with van der Waals surface area (Å²) in [5, 5.41) is 4.91. The number of nitrogens with one attached hydrogen (secondary N) is 2. The monoisotopic (exact) mass is 498 g/mol. The van der Waals surface area contributed by atoms with Gasteiger partial charge in [-0.3, -0.25) is 14.4 Å². The molecule has 0 radical (unpaired) electrons. The van der Waals surface area contributed by atoms with Gasteiger partial charge < -0.3 is 19.8 Å². The van der Waals surface area contributed by atoms with Crippen molar-refractivity contribution in [3.05, 3.63) is 62.6 Å². The van der Waals surface area contributed by atoms with E-state index in [1.165, 1.54) is 12.1 Å². The molecule has 0 saturated carbocycles. The zero-order valence-electron chi connectivity index (χ0n) is 14.3. The van der Waals surface area contributed by atoms with Crippen LogP contribution in [0.1, 0.15) is 23.0 Å². The average Bonchev–Trinajstić information content (AvgIpc) is 3.07. The average molecular weight is 500 g/mol. The predicted molar refractivity (Wildman–Crippen MR) is 106 cm³/mol. The molecule has 0 aliphatic heterocycles. The van der Waals surface area contributed by atoms with Crippen LogP contribution < -0.4 is 10.6 Å². The second-order valence-corrected chi connectivity index (χ2v) is 6.85. The molecule has 2 N–H and O–H groups in total. The highest BCUT2D eigenvalue weighted by molar-refractivity contribution is 9.10. The molecule has 0 atom stereocenters. The van der Waals surface area contributed by atoms with Gasteiger partial charge in [0.05, 0.1) is 6.61 Å². The van der Waals surface area contributed by atoms with Crippen molar-refractivity contribution in [2.24, 2.45) is 0 Å². The molecule has 27 heavy (non-hydrogen) atoms. The number of carbonyl (C=O) groups is 3. The molecule has 9 heteroatoms. The highest BCUT2D eigenvalue weighted by Gasteiger charge is 2.18. The fourth-order valence-electron chi connectivity index (χ4n) is 1.96. The molecule has 0 spiro atoms. The minimum Gasteiger partial charge on any atom is -0.465 e. The van der Waals surface area contributed by atoms with Crippen molar-refractivity contribution in [1.29, 1.82) is 0 Å². The van der Waals surface area contributed by atoms with Crippen LogP contribution in [0, 0.1) is 0 Å². The number of furan rings is 1. The highest BCUT2D eigenvalue weighted by atomic mass is 79.9. The van der Waals surface area contributed by atoms with Crippen molar-refractivity contribution < 1.29 is 23.5 Å². The van der Waals surface area contributed by atoms with Crippen LogP contribution in [-0.4, -0.2) is 30.9 Å². The van der Waals surface area contributed by atoms with Crippen LogP contribution in [-0.2, 0) is 14.3 Å². The quantitative estimate of drug-likeness (QED) is 0.450. The molecule has 1 aromatic carbocycles. The van der Waals surface area contributed by atoms with Crippen LogP contribution in [0.5, 0.6) is 0 Å². The van der Waals surface area contributed by atoms with E-state index < -0.39 is 17.8 Å². The lowest BCUT2D eigenvalue weighted by Gasteiger charge is -2.10. The van der Waals surface area contributed by atoms with E-state index in [0.717, 1.165) is 4.47 Å². The molecule has 0 fully saturated rings. The van der Waals surface area contributed by atoms with Crippen LogP contribution in [0.2, 0.25) is 0 Å². The molecule has 0 unspecified atom stereocenters. The first kappa shape index (κ1) is 20.9. The molecular weight excluding hydrogens is 484 g/mol. The molecule has 1 heterocycles. The number of rotatable bonds is 7. The Balaban J connectivity index is 2.19. The largest absolute Gasteiger partial charge is 0.465 e. The van der Waals surface area contributed by atoms with Crippen molar-refractivity contribution in [2.45, 2.75) is 6.92 Å². The summed E-state index contributed by atoms with van der Waals surface area (Å²) in [5.41, 5.74) is 0.638. The Kier molecular flexibility index (Phi) is 7.81. The van der Waals surface area contributed by atoms with Gasteiger partial charge in [0.2, 0.25) is 0 Å². The highest BCUT2D eigenvalue weighted by Crippen LogP contribution is 2.15. The zero-order chi connectivity index (χ0) is 19.8. The van der Waals surface area contributed by atoms with Crippen LogP contribution in [0.4, 0.5) is 0 Å². The summed E-state index contributed by atoms with van der Waals surface area (Å²) in [5.74, 6) is -1.78. The van der Waals surface area contributed by atoms with Crippen LogP contribution in [0.25, 0.3) is 6.08 Å². The van der Waals surface area contributed by atoms with E-state index in [1.807, 2.05) is 0 Å². The first-order valence-corrected chi connectivity index (χ1v) is 9.45. The number of hydrogen-bond acceptors (Lipinski definition) is 5. The summed E-state index contributed by atoms with van der Waals surface area (Å²) in [7, 11) is 0. The van der Waals surface area contributed by atoms with E-state index in [2.05, 4.69) is 42.5 Å². The molecule has 0 aliphatic rings. The Morgan fingerprint density at radius 2 is 1.81 bits per heavy atom. The van der Waals surface area contributed by atoms with E-state index in [4.69, 9.17) is 9.15 Å². The molecule has 0 saturated heterocycles. The number of esters is 1. The maximum Gasteiger partial charge on any atom is 0.325 e. The van der Waals surface area contributed by atoms with Gasteiger partial charge in [-0.1, -0.05) is 28.1 Å². The van der Waals surface area contributed by atoms with Crippen molar-refractivity contribution in [2.75, 3.05) is 13.2 Å². The van der Waals surface area contributed by atoms with Crippen LogP contribution in [0.15, 0.2) is 55.7 Å². The van der Waals surface area contributed by atoms with Gasteiger partial charge in [-0.25, -0.2) is 0 Å². The van der Waals surface area contributed by atoms with Crippen molar-refractivity contribution in [3.63, 3.8) is 0 Å². The van der Waals surface area contributed by atoms with Crippen LogP contribution in [0.3, 0.4) is 0 Å². The smallest absolute Gasteiger partial charge is 0.325 e. The third kappa shape index (κ3) is 6.69. The van der Waals surface area contributed by atoms with Crippen molar-refractivity contribution in [3.8, 4) is 0 Å². The summed E-state index contributed by atoms with van der Waals surface area (Å²) in [6, 6.07) is 10.1. The summed E-state index contributed by atoms with van der Waals surface area (Å²) in [6.07, 6.45) is 1.49. The predicted octanol–water partition coefficient (Wildman–Crippen LogP) is 3.25. The van der Waals surface area contributed by atoms with E-state index in [0.29, 0.717) is 10.2 Å². The Hall–Kier alpha value is -2.39. The zero-order valence-corrected chi connectivity index (χ0v) is 17.4. The molecule has 142 valence electrons. The van der Waals surface area contributed by atoms with Crippen LogP contribution >= 0.6 is 31.9 Å². The van der Waals surface area contributed by atoms with Gasteiger partial charge >= 0.3 is 5.97 Å². The molecule has 2 rings (SSSR count). The van der Waals surface area contributed by atoms with Gasteiger partial charge in [0.25, 0.3) is 11.8 Å². The van der Waals surface area contributed by atoms with Gasteiger partial charge in [-0.2, -0.15) is 0 Å². The summed E-state index contributed by atoms with van der Waals surface area (Å²) < 4.78 is 11.2. The second-order valence-electron chi connectivity index (χ2n) is 5.16. The number of hydrogen-bond donors (Lipinski definition) is 2. The molecule has 0 bridgehead atoms. The fourth-order valence-corrected chi connectivity index (χ4v) is 2.53. The number of benzene rings is 1. The minimum atomic E-state index is -0.634. The van der Waals surface area contributed by atoms with Gasteiger partial charge in [0.1, 0.15) is 12.2 Å². The number of halogens is 2. The standard InChI is InChI=1S/C18H16Br2N2O5/c1-2-26-16(23)10-21-17(24)13(9-11-3-5-12(19)6-4-11)22-18(25)14-7-8-15(20)27-14/h3-9H,2,10H2,1H3,(H,21,24)(H,22,25)/b13-9+. The lowest BCUT2D eigenvalue weighted by Crippen LogP contribution is -2.37. The normalized spacial score (nSPS) is 11.0. The third-order valence-electron chi connectivity index (χ3n) is 3.17.